The molecule has 2 saturated heterocycles. The van der Waals surface area contributed by atoms with Crippen molar-refractivity contribution in [2.24, 2.45) is 0 Å². The van der Waals surface area contributed by atoms with Crippen LogP contribution in [0.4, 0.5) is 10.1 Å². The number of nitrogens with zero attached hydrogens (tertiary/aromatic N) is 4. The minimum atomic E-state index is -3.65. The molecule has 4 rings (SSSR count). The quantitative estimate of drug-likeness (QED) is 0.702. The molecular weight excluding hydrogens is 431 g/mol. The Labute approximate surface area is 188 Å². The number of halogens is 1. The third kappa shape index (κ3) is 4.49. The molecule has 1 amide bonds. The van der Waals surface area contributed by atoms with Crippen LogP contribution >= 0.6 is 0 Å². The Balaban J connectivity index is 1.51. The van der Waals surface area contributed by atoms with Crippen molar-refractivity contribution in [3.05, 3.63) is 59.7 Å². The molecule has 1 aromatic carbocycles. The van der Waals surface area contributed by atoms with E-state index in [2.05, 4.69) is 4.98 Å². The smallest absolute Gasteiger partial charge is 0.221 e. The lowest BCUT2D eigenvalue weighted by Gasteiger charge is -2.38. The number of benzene rings is 1. The highest BCUT2D eigenvalue weighted by Crippen LogP contribution is 2.38. The Morgan fingerprint density at radius 3 is 2.53 bits per heavy atom. The average Bonchev–Trinajstić information content (AvgIpc) is 2.78. The van der Waals surface area contributed by atoms with Crippen molar-refractivity contribution in [3.8, 4) is 0 Å². The maximum Gasteiger partial charge on any atom is 0.221 e. The van der Waals surface area contributed by atoms with Gasteiger partial charge in [-0.1, -0.05) is 12.1 Å². The van der Waals surface area contributed by atoms with Crippen LogP contribution in [0.15, 0.2) is 42.7 Å². The number of sulfonamides is 1. The molecule has 0 radical (unpaired) electrons. The van der Waals surface area contributed by atoms with Crippen molar-refractivity contribution < 1.29 is 17.6 Å². The molecule has 172 valence electrons. The van der Waals surface area contributed by atoms with Gasteiger partial charge in [-0.05, 0) is 43.5 Å². The SMILES string of the molecule is CC(=O)N1CCN(c2ccc(CN3[C@@H](C)CCC(c4cccnc4)S3(=O)=O)c(F)c2)CC1. The van der Waals surface area contributed by atoms with Crippen LogP contribution in [0.25, 0.3) is 0 Å². The summed E-state index contributed by atoms with van der Waals surface area (Å²) in [7, 11) is -3.65. The zero-order chi connectivity index (χ0) is 22.9. The number of carbonyl (C=O) groups excluding carboxylic acids is 1. The molecule has 2 fully saturated rings. The average molecular weight is 461 g/mol. The summed E-state index contributed by atoms with van der Waals surface area (Å²) in [6.45, 7) is 5.93. The van der Waals surface area contributed by atoms with Gasteiger partial charge in [-0.3, -0.25) is 9.78 Å². The van der Waals surface area contributed by atoms with Gasteiger partial charge in [-0.2, -0.15) is 4.31 Å². The van der Waals surface area contributed by atoms with E-state index in [1.807, 2.05) is 17.9 Å². The van der Waals surface area contributed by atoms with Crippen molar-refractivity contribution in [1.29, 1.82) is 0 Å². The molecule has 0 bridgehead atoms. The van der Waals surface area contributed by atoms with E-state index >= 15 is 4.39 Å². The largest absolute Gasteiger partial charge is 0.368 e. The minimum Gasteiger partial charge on any atom is -0.368 e. The number of rotatable bonds is 4. The first-order valence-corrected chi connectivity index (χ1v) is 12.5. The van der Waals surface area contributed by atoms with E-state index in [0.717, 1.165) is 5.69 Å². The second kappa shape index (κ2) is 9.15. The van der Waals surface area contributed by atoms with Crippen LogP contribution in [0.5, 0.6) is 0 Å². The minimum absolute atomic E-state index is 0.00445. The third-order valence-corrected chi connectivity index (χ3v) is 8.90. The summed E-state index contributed by atoms with van der Waals surface area (Å²) in [6, 6.07) is 8.30. The van der Waals surface area contributed by atoms with Crippen LogP contribution in [-0.4, -0.2) is 60.7 Å². The van der Waals surface area contributed by atoms with Crippen LogP contribution in [0.3, 0.4) is 0 Å². The van der Waals surface area contributed by atoms with Gasteiger partial charge in [0.1, 0.15) is 11.1 Å². The summed E-state index contributed by atoms with van der Waals surface area (Å²) < 4.78 is 43.2. The number of aromatic nitrogens is 1. The Morgan fingerprint density at radius 2 is 1.91 bits per heavy atom. The third-order valence-electron chi connectivity index (χ3n) is 6.53. The van der Waals surface area contributed by atoms with Crippen molar-refractivity contribution in [2.75, 3.05) is 31.1 Å². The van der Waals surface area contributed by atoms with Crippen molar-refractivity contribution in [2.45, 2.75) is 44.5 Å². The van der Waals surface area contributed by atoms with Gasteiger partial charge in [0.15, 0.2) is 0 Å². The Hall–Kier alpha value is -2.52. The summed E-state index contributed by atoms with van der Waals surface area (Å²) in [5.74, 6) is -0.366. The van der Waals surface area contributed by atoms with E-state index < -0.39 is 21.1 Å². The summed E-state index contributed by atoms with van der Waals surface area (Å²) in [4.78, 5) is 19.4. The van der Waals surface area contributed by atoms with Crippen LogP contribution in [-0.2, 0) is 21.4 Å². The normalized spacial score (nSPS) is 23.8. The summed E-state index contributed by atoms with van der Waals surface area (Å²) in [6.07, 6.45) is 4.45. The molecule has 2 aliphatic heterocycles. The molecule has 0 aliphatic carbocycles. The van der Waals surface area contributed by atoms with E-state index in [9.17, 15) is 13.2 Å². The first-order chi connectivity index (χ1) is 15.3. The molecule has 2 atom stereocenters. The van der Waals surface area contributed by atoms with Crippen molar-refractivity contribution >= 4 is 21.6 Å². The number of anilines is 1. The van der Waals surface area contributed by atoms with E-state index in [4.69, 9.17) is 0 Å². The summed E-state index contributed by atoms with van der Waals surface area (Å²) in [5.41, 5.74) is 1.78. The monoisotopic (exact) mass is 460 g/mol. The van der Waals surface area contributed by atoms with Gasteiger partial charge in [0.25, 0.3) is 0 Å². The van der Waals surface area contributed by atoms with Gasteiger partial charge in [0.2, 0.25) is 15.9 Å². The molecule has 0 spiro atoms. The van der Waals surface area contributed by atoms with Gasteiger partial charge >= 0.3 is 0 Å². The first kappa shape index (κ1) is 22.7. The van der Waals surface area contributed by atoms with Gasteiger partial charge in [-0.15, -0.1) is 0 Å². The zero-order valence-electron chi connectivity index (χ0n) is 18.4. The number of pyridine rings is 1. The number of hydrogen-bond acceptors (Lipinski definition) is 5. The Bertz CT molecular complexity index is 1070. The second-order valence-electron chi connectivity index (χ2n) is 8.56. The molecular formula is C23H29FN4O3S. The van der Waals surface area contributed by atoms with E-state index in [-0.39, 0.29) is 18.5 Å². The maximum atomic E-state index is 15.0. The molecule has 0 N–H and O–H groups in total. The Morgan fingerprint density at radius 1 is 1.16 bits per heavy atom. The molecule has 0 saturated carbocycles. The lowest BCUT2D eigenvalue weighted by molar-refractivity contribution is -0.129. The van der Waals surface area contributed by atoms with E-state index in [1.54, 1.807) is 42.4 Å². The lowest BCUT2D eigenvalue weighted by atomic mass is 10.1. The van der Waals surface area contributed by atoms with E-state index in [1.165, 1.54) is 10.4 Å². The predicted octanol–water partition coefficient (Wildman–Crippen LogP) is 2.94. The fourth-order valence-electron chi connectivity index (χ4n) is 4.56. The molecule has 2 aliphatic rings. The van der Waals surface area contributed by atoms with Crippen molar-refractivity contribution in [3.63, 3.8) is 0 Å². The molecule has 9 heteroatoms. The number of carbonyl (C=O) groups is 1. The number of hydrogen-bond donors (Lipinski definition) is 0. The van der Waals surface area contributed by atoms with Gasteiger partial charge in [0.05, 0.1) is 0 Å². The molecule has 1 aromatic heterocycles. The fourth-order valence-corrected chi connectivity index (χ4v) is 6.73. The van der Waals surface area contributed by atoms with E-state index in [0.29, 0.717) is 50.1 Å². The Kier molecular flexibility index (Phi) is 6.48. The second-order valence-corrected chi connectivity index (χ2v) is 10.6. The fraction of sp³-hybridized carbons (Fsp3) is 0.478. The molecule has 32 heavy (non-hydrogen) atoms. The van der Waals surface area contributed by atoms with Gasteiger partial charge in [-0.25, -0.2) is 12.8 Å². The maximum absolute atomic E-state index is 15.0. The molecule has 2 aromatic rings. The number of piperazine rings is 1. The first-order valence-electron chi connectivity index (χ1n) is 11.0. The highest BCUT2D eigenvalue weighted by atomic mass is 32.2. The van der Waals surface area contributed by atoms with Crippen LogP contribution in [0.2, 0.25) is 0 Å². The molecule has 1 unspecified atom stereocenters. The molecule has 7 nitrogen and oxygen atoms in total. The lowest BCUT2D eigenvalue weighted by Crippen LogP contribution is -2.48. The van der Waals surface area contributed by atoms with Crippen LogP contribution < -0.4 is 4.90 Å². The zero-order valence-corrected chi connectivity index (χ0v) is 19.3. The van der Waals surface area contributed by atoms with Gasteiger partial charge in [0, 0.05) is 69.3 Å². The highest BCUT2D eigenvalue weighted by molar-refractivity contribution is 7.89. The summed E-state index contributed by atoms with van der Waals surface area (Å²) >= 11 is 0. The van der Waals surface area contributed by atoms with Crippen LogP contribution in [0.1, 0.15) is 43.1 Å². The predicted molar refractivity (Wildman–Crippen MR) is 121 cm³/mol. The highest BCUT2D eigenvalue weighted by Gasteiger charge is 2.40. The standard InChI is InChI=1S/C23H29FN4O3S/c1-17-5-8-23(19-4-3-9-25-15-19)32(30,31)28(17)16-20-6-7-21(14-22(20)24)27-12-10-26(11-13-27)18(2)29/h3-4,6-7,9,14-15,17,23H,5,8,10-13,16H2,1-2H3/t17-,23?/m0/s1. The summed E-state index contributed by atoms with van der Waals surface area (Å²) in [5, 5.41) is -0.660. The van der Waals surface area contributed by atoms with Gasteiger partial charge < -0.3 is 9.80 Å². The number of amides is 1. The molecule has 3 heterocycles. The topological polar surface area (TPSA) is 73.8 Å². The van der Waals surface area contributed by atoms with Crippen LogP contribution in [0, 0.1) is 5.82 Å². The van der Waals surface area contributed by atoms with Crippen molar-refractivity contribution in [1.82, 2.24) is 14.2 Å².